The van der Waals surface area contributed by atoms with Crippen molar-refractivity contribution in [2.45, 2.75) is 51.4 Å². The normalized spacial score (nSPS) is 17.0. The minimum atomic E-state index is -0.320. The zero-order valence-electron chi connectivity index (χ0n) is 25.1. The molecule has 4 heterocycles. The van der Waals surface area contributed by atoms with Crippen LogP contribution in [0.3, 0.4) is 0 Å². The lowest BCUT2D eigenvalue weighted by atomic mass is 9.91. The second-order valence-corrected chi connectivity index (χ2v) is 11.1. The third-order valence-corrected chi connectivity index (χ3v) is 8.19. The number of hydrogen-bond donors (Lipinski definition) is 0. The number of carbonyl (C=O) groups is 2. The van der Waals surface area contributed by atoms with Crippen molar-refractivity contribution in [1.29, 1.82) is 0 Å². The second kappa shape index (κ2) is 14.7. The van der Waals surface area contributed by atoms with Gasteiger partial charge in [0.15, 0.2) is 11.2 Å². The molecule has 2 fully saturated rings. The van der Waals surface area contributed by atoms with Gasteiger partial charge in [0, 0.05) is 34.7 Å². The maximum atomic E-state index is 13.2. The first-order valence-corrected chi connectivity index (χ1v) is 15.2. The first-order chi connectivity index (χ1) is 21.3. The number of hydrogen-bond acceptors (Lipinski definition) is 10. The number of aromatic nitrogens is 2. The van der Waals surface area contributed by atoms with Crippen LogP contribution in [0.15, 0.2) is 45.4 Å². The monoisotopic (exact) mass is 612 g/mol. The summed E-state index contributed by atoms with van der Waals surface area (Å²) in [4.78, 5) is 27.2. The summed E-state index contributed by atoms with van der Waals surface area (Å²) >= 11 is 0. The van der Waals surface area contributed by atoms with E-state index in [0.29, 0.717) is 37.5 Å². The van der Waals surface area contributed by atoms with Crippen molar-refractivity contribution in [3.8, 4) is 0 Å². The lowest BCUT2D eigenvalue weighted by Crippen LogP contribution is -2.37. The molecule has 6 rings (SSSR count). The van der Waals surface area contributed by atoms with Crippen LogP contribution in [0, 0.1) is 11.6 Å². The van der Waals surface area contributed by atoms with Crippen LogP contribution in [0.5, 0.6) is 0 Å². The Labute approximate surface area is 254 Å². The highest BCUT2D eigenvalue weighted by molar-refractivity contribution is 5.80. The highest BCUT2D eigenvalue weighted by Gasteiger charge is 2.27. The number of nitrogens with zero attached hydrogens (tertiary/aromatic N) is 4. The van der Waals surface area contributed by atoms with Gasteiger partial charge in [-0.2, -0.15) is 0 Å². The average molecular weight is 613 g/mol. The van der Waals surface area contributed by atoms with E-state index in [2.05, 4.69) is 20.1 Å². The number of carbonyl (C=O) groups excluding carboxylic acids is 2. The van der Waals surface area contributed by atoms with Gasteiger partial charge in [0.1, 0.15) is 11.6 Å². The number of piperidine rings is 2. The van der Waals surface area contributed by atoms with Crippen molar-refractivity contribution in [3.05, 3.63) is 59.4 Å². The van der Waals surface area contributed by atoms with Crippen molar-refractivity contribution in [2.75, 3.05) is 52.5 Å². The molecule has 2 aliphatic heterocycles. The summed E-state index contributed by atoms with van der Waals surface area (Å²) in [5.74, 6) is -0.430. The van der Waals surface area contributed by atoms with Gasteiger partial charge in [-0.15, -0.1) is 0 Å². The predicted octanol–water partition coefficient (Wildman–Crippen LogP) is 5.42. The van der Waals surface area contributed by atoms with Crippen molar-refractivity contribution in [1.82, 2.24) is 20.1 Å². The Morgan fingerprint density at radius 1 is 0.727 bits per heavy atom. The van der Waals surface area contributed by atoms with E-state index in [4.69, 9.17) is 18.5 Å². The molecule has 0 atom stereocenters. The van der Waals surface area contributed by atoms with Crippen molar-refractivity contribution in [2.24, 2.45) is 0 Å². The molecule has 2 aromatic carbocycles. The van der Waals surface area contributed by atoms with Crippen LogP contribution in [-0.4, -0.2) is 84.5 Å². The first-order valence-electron chi connectivity index (χ1n) is 15.2. The molecule has 0 aliphatic carbocycles. The second-order valence-electron chi connectivity index (χ2n) is 11.1. The fraction of sp³-hybridized carbons (Fsp3) is 0.500. The third-order valence-electron chi connectivity index (χ3n) is 8.19. The van der Waals surface area contributed by atoms with Gasteiger partial charge in [-0.3, -0.25) is 19.4 Å². The molecule has 0 spiro atoms. The summed E-state index contributed by atoms with van der Waals surface area (Å²) in [6.45, 7) is 8.39. The number of halogens is 2. The molecule has 10 nitrogen and oxygen atoms in total. The molecule has 44 heavy (non-hydrogen) atoms. The van der Waals surface area contributed by atoms with E-state index < -0.39 is 0 Å². The highest BCUT2D eigenvalue weighted by atomic mass is 19.1. The van der Waals surface area contributed by atoms with Gasteiger partial charge in [0.2, 0.25) is 0 Å². The summed E-state index contributed by atoms with van der Waals surface area (Å²) in [5.41, 5.74) is 2.77. The van der Waals surface area contributed by atoms with Crippen molar-refractivity contribution >= 4 is 33.9 Å². The van der Waals surface area contributed by atoms with Gasteiger partial charge in [0.05, 0.1) is 37.7 Å². The predicted molar refractivity (Wildman–Crippen MR) is 158 cm³/mol. The molecule has 2 aliphatic rings. The van der Waals surface area contributed by atoms with Gasteiger partial charge in [-0.1, -0.05) is 10.3 Å². The molecule has 0 amide bonds. The molecular formula is C32H38F2N4O6. The van der Waals surface area contributed by atoms with Gasteiger partial charge in [0.25, 0.3) is 0 Å². The minimum Gasteiger partial charge on any atom is -0.465 e. The lowest BCUT2D eigenvalue weighted by molar-refractivity contribution is -0.145. The molecule has 0 radical (unpaired) electrons. The lowest BCUT2D eigenvalue weighted by Gasteiger charge is -2.30. The van der Waals surface area contributed by atoms with Crippen molar-refractivity contribution < 1.29 is 36.9 Å². The zero-order chi connectivity index (χ0) is 31.1. The van der Waals surface area contributed by atoms with E-state index in [0.717, 1.165) is 74.0 Å². The first kappa shape index (κ1) is 31.5. The standard InChI is InChI=1S/2C16H19FN2O3/c2*1-2-21-15(20)10-19-7-5-11(6-8-19)16-13-4-3-12(17)9-14(13)22-18-16/h2*3-4,9,11H,2,5-8,10H2,1H3. The average Bonchev–Trinajstić information content (AvgIpc) is 3.62. The Morgan fingerprint density at radius 3 is 1.48 bits per heavy atom. The quantitative estimate of drug-likeness (QED) is 0.239. The number of esters is 2. The molecule has 0 saturated carbocycles. The number of likely N-dealkylation sites (tertiary alicyclic amines) is 2. The highest BCUT2D eigenvalue weighted by Crippen LogP contribution is 2.34. The summed E-state index contributed by atoms with van der Waals surface area (Å²) < 4.78 is 46.8. The Bertz CT molecular complexity index is 1440. The zero-order valence-corrected chi connectivity index (χ0v) is 25.1. The summed E-state index contributed by atoms with van der Waals surface area (Å²) in [5, 5.41) is 10.0. The van der Waals surface area contributed by atoms with E-state index in [9.17, 15) is 18.4 Å². The van der Waals surface area contributed by atoms with Gasteiger partial charge in [-0.05, 0) is 90.0 Å². The van der Waals surface area contributed by atoms with Crippen LogP contribution in [0.2, 0.25) is 0 Å². The Hall–Kier alpha value is -3.90. The topological polar surface area (TPSA) is 111 Å². The maximum Gasteiger partial charge on any atom is 0.320 e. The van der Waals surface area contributed by atoms with Crippen LogP contribution < -0.4 is 0 Å². The summed E-state index contributed by atoms with van der Waals surface area (Å²) in [6, 6.07) is 9.03. The van der Waals surface area contributed by atoms with Crippen LogP contribution in [0.1, 0.15) is 62.8 Å². The van der Waals surface area contributed by atoms with E-state index >= 15 is 0 Å². The fourth-order valence-corrected chi connectivity index (χ4v) is 5.96. The molecule has 12 heteroatoms. The van der Waals surface area contributed by atoms with E-state index in [1.165, 1.54) is 24.3 Å². The summed E-state index contributed by atoms with van der Waals surface area (Å²) in [6.07, 6.45) is 3.60. The number of ether oxygens (including phenoxy) is 2. The fourth-order valence-electron chi connectivity index (χ4n) is 5.96. The number of fused-ring (bicyclic) bond motifs is 2. The van der Waals surface area contributed by atoms with Crippen LogP contribution in [0.4, 0.5) is 8.78 Å². The molecule has 0 N–H and O–H groups in total. The molecule has 4 aromatic rings. The Morgan fingerprint density at radius 2 is 1.11 bits per heavy atom. The minimum absolute atomic E-state index is 0.177. The van der Waals surface area contributed by atoms with E-state index in [-0.39, 0.29) is 35.4 Å². The summed E-state index contributed by atoms with van der Waals surface area (Å²) in [7, 11) is 0. The molecule has 2 aromatic heterocycles. The van der Waals surface area contributed by atoms with E-state index in [1.54, 1.807) is 12.1 Å². The smallest absolute Gasteiger partial charge is 0.320 e. The third kappa shape index (κ3) is 7.78. The number of rotatable bonds is 8. The van der Waals surface area contributed by atoms with Gasteiger partial charge in [-0.25, -0.2) is 8.78 Å². The van der Waals surface area contributed by atoms with Crippen LogP contribution in [0.25, 0.3) is 21.9 Å². The van der Waals surface area contributed by atoms with E-state index in [1.807, 2.05) is 13.8 Å². The molecule has 2 saturated heterocycles. The Kier molecular flexibility index (Phi) is 10.5. The maximum absolute atomic E-state index is 13.2. The van der Waals surface area contributed by atoms with Crippen molar-refractivity contribution in [3.63, 3.8) is 0 Å². The molecule has 0 unspecified atom stereocenters. The van der Waals surface area contributed by atoms with Gasteiger partial charge < -0.3 is 18.5 Å². The number of benzene rings is 2. The molecular weight excluding hydrogens is 574 g/mol. The SMILES string of the molecule is CCOC(=O)CN1CCC(c2noc3cc(F)ccc23)CC1.CCOC(=O)CN1CCC(c2noc3cc(F)ccc23)CC1. The van der Waals surface area contributed by atoms with Crippen LogP contribution >= 0.6 is 0 Å². The molecule has 0 bridgehead atoms. The Balaban J connectivity index is 0.000000175. The molecule has 236 valence electrons. The van der Waals surface area contributed by atoms with Crippen LogP contribution in [-0.2, 0) is 19.1 Å². The van der Waals surface area contributed by atoms with Gasteiger partial charge >= 0.3 is 11.9 Å². The largest absolute Gasteiger partial charge is 0.465 e.